The summed E-state index contributed by atoms with van der Waals surface area (Å²) in [6.07, 6.45) is 0.591. The van der Waals surface area contributed by atoms with Gasteiger partial charge in [-0.2, -0.15) is 0 Å². The van der Waals surface area contributed by atoms with E-state index in [1.165, 1.54) is 11.8 Å². The number of carbonyl (C=O) groups excluding carboxylic acids is 1. The molecule has 9 heteroatoms. The lowest BCUT2D eigenvalue weighted by atomic mass is 10.1. The van der Waals surface area contributed by atoms with Gasteiger partial charge in [-0.15, -0.1) is 10.2 Å². The fraction of sp³-hybridized carbons (Fsp3) is 0.769. The van der Waals surface area contributed by atoms with Crippen LogP contribution in [-0.4, -0.2) is 64.3 Å². The van der Waals surface area contributed by atoms with Gasteiger partial charge in [-0.1, -0.05) is 11.8 Å². The summed E-state index contributed by atoms with van der Waals surface area (Å²) in [5, 5.41) is 8.86. The Hall–Kier alpha value is -1.09. The third-order valence-electron chi connectivity index (χ3n) is 3.96. The Kier molecular flexibility index (Phi) is 5.16. The third-order valence-corrected chi connectivity index (χ3v) is 6.73. The highest BCUT2D eigenvalue weighted by Gasteiger charge is 2.32. The summed E-state index contributed by atoms with van der Waals surface area (Å²) in [4.78, 5) is 13.7. The van der Waals surface area contributed by atoms with Crippen LogP contribution in [0.3, 0.4) is 0 Å². The second-order valence-corrected chi connectivity index (χ2v) is 9.06. The summed E-state index contributed by atoms with van der Waals surface area (Å²) >= 11 is 1.33. The highest BCUT2D eigenvalue weighted by atomic mass is 32.2. The number of amides is 1. The minimum Gasteiger partial charge on any atom is -0.343 e. The first-order chi connectivity index (χ1) is 10.2. The van der Waals surface area contributed by atoms with Crippen LogP contribution in [0.2, 0.25) is 0 Å². The summed E-state index contributed by atoms with van der Waals surface area (Å²) in [7, 11) is 0.649. The summed E-state index contributed by atoms with van der Waals surface area (Å²) in [6, 6.07) is 0.159. The quantitative estimate of drug-likeness (QED) is 0.729. The molecule has 0 aliphatic carbocycles. The highest BCUT2D eigenvalue weighted by Crippen LogP contribution is 2.29. The van der Waals surface area contributed by atoms with Gasteiger partial charge in [0.05, 0.1) is 17.3 Å². The van der Waals surface area contributed by atoms with Crippen molar-refractivity contribution >= 4 is 27.5 Å². The van der Waals surface area contributed by atoms with Gasteiger partial charge in [-0.3, -0.25) is 4.79 Å². The molecule has 0 aromatic carbocycles. The van der Waals surface area contributed by atoms with Crippen LogP contribution in [0, 0.1) is 0 Å². The van der Waals surface area contributed by atoms with Gasteiger partial charge in [0.2, 0.25) is 5.91 Å². The number of hydrogen-bond donors (Lipinski definition) is 0. The zero-order valence-corrected chi connectivity index (χ0v) is 14.9. The second kappa shape index (κ2) is 6.57. The molecule has 124 valence electrons. The molecule has 2 heterocycles. The second-order valence-electron chi connectivity index (χ2n) is 5.89. The maximum absolute atomic E-state index is 12.0. The van der Waals surface area contributed by atoms with E-state index in [0.717, 1.165) is 0 Å². The van der Waals surface area contributed by atoms with Crippen molar-refractivity contribution in [2.45, 2.75) is 37.4 Å². The number of thioether (sulfide) groups is 1. The molecule has 1 atom stereocenters. The van der Waals surface area contributed by atoms with E-state index in [-0.39, 0.29) is 29.4 Å². The lowest BCUT2D eigenvalue weighted by molar-refractivity contribution is -0.128. The molecule has 0 N–H and O–H groups in total. The topological polar surface area (TPSA) is 85.2 Å². The van der Waals surface area contributed by atoms with E-state index in [1.807, 2.05) is 20.9 Å². The molecule has 0 radical (unpaired) electrons. The standard InChI is InChI=1S/C13H22N4O3S2/c1-9(2)16(3)11(18)7-21-13-15-14-12(17(13)4)10-5-6-22(19,20)8-10/h9-10H,5-8H2,1-4H3/t10-/m1/s1. The molecule has 0 spiro atoms. The smallest absolute Gasteiger partial charge is 0.233 e. The van der Waals surface area contributed by atoms with E-state index in [4.69, 9.17) is 0 Å². The SMILES string of the molecule is CC(C)N(C)C(=O)CSc1nnc([C@@H]2CCS(=O)(=O)C2)n1C. The molecule has 1 aliphatic rings. The Morgan fingerprint density at radius 1 is 1.45 bits per heavy atom. The van der Waals surface area contributed by atoms with Crippen LogP contribution in [0.15, 0.2) is 5.16 Å². The largest absolute Gasteiger partial charge is 0.343 e. The van der Waals surface area contributed by atoms with E-state index >= 15 is 0 Å². The van der Waals surface area contributed by atoms with E-state index in [2.05, 4.69) is 10.2 Å². The lowest BCUT2D eigenvalue weighted by Gasteiger charge is -2.20. The van der Waals surface area contributed by atoms with E-state index in [9.17, 15) is 13.2 Å². The first kappa shape index (κ1) is 17.3. The van der Waals surface area contributed by atoms with E-state index in [0.29, 0.717) is 23.2 Å². The highest BCUT2D eigenvalue weighted by molar-refractivity contribution is 7.99. The van der Waals surface area contributed by atoms with Crippen molar-refractivity contribution in [2.24, 2.45) is 7.05 Å². The van der Waals surface area contributed by atoms with Crippen LogP contribution in [-0.2, 0) is 21.7 Å². The van der Waals surface area contributed by atoms with Crippen LogP contribution in [0.1, 0.15) is 32.0 Å². The maximum Gasteiger partial charge on any atom is 0.233 e. The molecule has 1 aliphatic heterocycles. The zero-order valence-electron chi connectivity index (χ0n) is 13.3. The summed E-state index contributed by atoms with van der Waals surface area (Å²) in [6.45, 7) is 3.92. The van der Waals surface area contributed by atoms with Gasteiger partial charge in [0.1, 0.15) is 5.82 Å². The lowest BCUT2D eigenvalue weighted by Crippen LogP contribution is -2.34. The van der Waals surface area contributed by atoms with Crippen molar-refractivity contribution in [3.63, 3.8) is 0 Å². The summed E-state index contributed by atoms with van der Waals surface area (Å²) in [5.41, 5.74) is 0. The van der Waals surface area contributed by atoms with Crippen LogP contribution in [0.4, 0.5) is 0 Å². The molecule has 1 aromatic heterocycles. The molecule has 0 unspecified atom stereocenters. The normalized spacial score (nSPS) is 20.5. The van der Waals surface area contributed by atoms with Gasteiger partial charge in [0.15, 0.2) is 15.0 Å². The van der Waals surface area contributed by atoms with Crippen molar-refractivity contribution in [1.29, 1.82) is 0 Å². The number of rotatable bonds is 5. The van der Waals surface area contributed by atoms with Crippen molar-refractivity contribution < 1.29 is 13.2 Å². The molecule has 0 bridgehead atoms. The minimum atomic E-state index is -2.95. The first-order valence-corrected chi connectivity index (χ1v) is 10.00. The number of sulfone groups is 1. The van der Waals surface area contributed by atoms with Crippen LogP contribution in [0.25, 0.3) is 0 Å². The Labute approximate surface area is 135 Å². The molecule has 0 saturated carbocycles. The molecular weight excluding hydrogens is 324 g/mol. The van der Waals surface area contributed by atoms with E-state index < -0.39 is 9.84 Å². The molecule has 2 rings (SSSR count). The van der Waals surface area contributed by atoms with Gasteiger partial charge in [0.25, 0.3) is 0 Å². The fourth-order valence-corrected chi connectivity index (χ4v) is 4.90. The van der Waals surface area contributed by atoms with Crippen LogP contribution < -0.4 is 0 Å². The molecule has 1 fully saturated rings. The number of carbonyl (C=O) groups is 1. The maximum atomic E-state index is 12.0. The minimum absolute atomic E-state index is 0.0352. The summed E-state index contributed by atoms with van der Waals surface area (Å²) in [5.74, 6) is 1.28. The fourth-order valence-electron chi connectivity index (χ4n) is 2.32. The Morgan fingerprint density at radius 2 is 2.14 bits per heavy atom. The molecule has 22 heavy (non-hydrogen) atoms. The van der Waals surface area contributed by atoms with Crippen molar-refractivity contribution in [3.8, 4) is 0 Å². The van der Waals surface area contributed by atoms with Crippen molar-refractivity contribution in [3.05, 3.63) is 5.82 Å². The van der Waals surface area contributed by atoms with Crippen LogP contribution in [0.5, 0.6) is 0 Å². The van der Waals surface area contributed by atoms with Crippen LogP contribution >= 0.6 is 11.8 Å². The predicted molar refractivity (Wildman–Crippen MR) is 85.6 cm³/mol. The van der Waals surface area contributed by atoms with Gasteiger partial charge >= 0.3 is 0 Å². The molecule has 1 aromatic rings. The average molecular weight is 346 g/mol. The van der Waals surface area contributed by atoms with Gasteiger partial charge in [0, 0.05) is 26.1 Å². The Balaban J connectivity index is 2.01. The number of nitrogens with zero attached hydrogens (tertiary/aromatic N) is 4. The zero-order chi connectivity index (χ0) is 16.5. The molecular formula is C13H22N4O3S2. The molecule has 1 saturated heterocycles. The number of aromatic nitrogens is 3. The van der Waals surface area contributed by atoms with Gasteiger partial charge < -0.3 is 9.47 Å². The first-order valence-electron chi connectivity index (χ1n) is 7.19. The van der Waals surface area contributed by atoms with Crippen molar-refractivity contribution in [2.75, 3.05) is 24.3 Å². The monoisotopic (exact) mass is 346 g/mol. The van der Waals surface area contributed by atoms with Gasteiger partial charge in [-0.05, 0) is 20.3 Å². The predicted octanol–water partition coefficient (Wildman–Crippen LogP) is 0.676. The Morgan fingerprint density at radius 3 is 2.68 bits per heavy atom. The van der Waals surface area contributed by atoms with Gasteiger partial charge in [-0.25, -0.2) is 8.42 Å². The van der Waals surface area contributed by atoms with E-state index in [1.54, 1.807) is 16.5 Å². The third kappa shape index (κ3) is 3.81. The Bertz CT molecular complexity index is 654. The molecule has 1 amide bonds. The summed E-state index contributed by atoms with van der Waals surface area (Å²) < 4.78 is 25.0. The number of hydrogen-bond acceptors (Lipinski definition) is 6. The molecule has 7 nitrogen and oxygen atoms in total. The average Bonchev–Trinajstić information content (AvgIpc) is 2.97. The van der Waals surface area contributed by atoms with Crippen molar-refractivity contribution in [1.82, 2.24) is 19.7 Å².